The van der Waals surface area contributed by atoms with E-state index in [4.69, 9.17) is 15.0 Å². The lowest BCUT2D eigenvalue weighted by Crippen LogP contribution is -1.85. The predicted molar refractivity (Wildman–Crippen MR) is 56.2 cm³/mol. The van der Waals surface area contributed by atoms with Gasteiger partial charge in [-0.1, -0.05) is 5.16 Å². The van der Waals surface area contributed by atoms with Crippen molar-refractivity contribution in [2.24, 2.45) is 0 Å². The summed E-state index contributed by atoms with van der Waals surface area (Å²) in [4.78, 5) is 0. The molecular formula is C10H10N2O4. The maximum Gasteiger partial charge on any atom is 0.200 e. The number of rotatable bonds is 2. The molecule has 0 amide bonds. The van der Waals surface area contributed by atoms with Gasteiger partial charge in [0.2, 0.25) is 5.75 Å². The quantitative estimate of drug-likeness (QED) is 0.663. The Hall–Kier alpha value is -2.37. The fourth-order valence-corrected chi connectivity index (χ4v) is 1.32. The van der Waals surface area contributed by atoms with E-state index in [1.165, 1.54) is 25.3 Å². The molecule has 0 atom stereocenters. The molecule has 2 aromatic rings. The summed E-state index contributed by atoms with van der Waals surface area (Å²) in [5, 5.41) is 22.4. The van der Waals surface area contributed by atoms with Crippen LogP contribution in [-0.4, -0.2) is 22.5 Å². The second-order valence-corrected chi connectivity index (χ2v) is 3.16. The van der Waals surface area contributed by atoms with E-state index in [2.05, 4.69) is 5.16 Å². The number of anilines is 1. The van der Waals surface area contributed by atoms with Crippen LogP contribution in [-0.2, 0) is 0 Å². The Labute approximate surface area is 90.9 Å². The topological polar surface area (TPSA) is 102 Å². The van der Waals surface area contributed by atoms with Crippen molar-refractivity contribution in [2.75, 3.05) is 12.8 Å². The van der Waals surface area contributed by atoms with Crippen LogP contribution in [0.5, 0.6) is 17.2 Å². The van der Waals surface area contributed by atoms with E-state index >= 15 is 0 Å². The van der Waals surface area contributed by atoms with Crippen LogP contribution in [0.4, 0.5) is 5.82 Å². The molecule has 0 saturated heterocycles. The molecule has 1 aromatic carbocycles. The van der Waals surface area contributed by atoms with Gasteiger partial charge in [-0.3, -0.25) is 0 Å². The molecule has 84 valence electrons. The fourth-order valence-electron chi connectivity index (χ4n) is 1.32. The molecular weight excluding hydrogens is 212 g/mol. The van der Waals surface area contributed by atoms with Crippen LogP contribution in [0.2, 0.25) is 0 Å². The summed E-state index contributed by atoms with van der Waals surface area (Å²) in [5.41, 5.74) is 5.92. The van der Waals surface area contributed by atoms with Gasteiger partial charge >= 0.3 is 0 Å². The third-order valence-electron chi connectivity index (χ3n) is 2.09. The molecule has 1 heterocycles. The number of hydrogen-bond donors (Lipinski definition) is 3. The highest BCUT2D eigenvalue weighted by Crippen LogP contribution is 2.39. The van der Waals surface area contributed by atoms with E-state index in [1.807, 2.05) is 0 Å². The van der Waals surface area contributed by atoms with Gasteiger partial charge in [-0.15, -0.1) is 0 Å². The van der Waals surface area contributed by atoms with Crippen molar-refractivity contribution in [3.8, 4) is 28.6 Å². The fraction of sp³-hybridized carbons (Fsp3) is 0.100. The van der Waals surface area contributed by atoms with Crippen molar-refractivity contribution in [1.82, 2.24) is 5.16 Å². The second-order valence-electron chi connectivity index (χ2n) is 3.16. The Morgan fingerprint density at radius 1 is 1.31 bits per heavy atom. The number of phenolic OH excluding ortho intramolecular Hbond substituents is 2. The van der Waals surface area contributed by atoms with Crippen LogP contribution >= 0.6 is 0 Å². The summed E-state index contributed by atoms with van der Waals surface area (Å²) < 4.78 is 9.81. The highest BCUT2D eigenvalue weighted by molar-refractivity contribution is 5.68. The Morgan fingerprint density at radius 2 is 2.06 bits per heavy atom. The first-order valence-corrected chi connectivity index (χ1v) is 4.44. The second kappa shape index (κ2) is 3.65. The number of benzene rings is 1. The number of ether oxygens (including phenoxy) is 1. The summed E-state index contributed by atoms with van der Waals surface area (Å²) in [5.74, 6) is 0.140. The molecule has 6 nitrogen and oxygen atoms in total. The SMILES string of the molecule is COc1cc(-c2cc(N)no2)cc(O)c1O. The van der Waals surface area contributed by atoms with E-state index in [9.17, 15) is 10.2 Å². The van der Waals surface area contributed by atoms with Gasteiger partial charge in [-0.2, -0.15) is 0 Å². The first-order valence-electron chi connectivity index (χ1n) is 4.44. The van der Waals surface area contributed by atoms with Crippen LogP contribution in [0.3, 0.4) is 0 Å². The summed E-state index contributed by atoms with van der Waals surface area (Å²) >= 11 is 0. The smallest absolute Gasteiger partial charge is 0.200 e. The minimum absolute atomic E-state index is 0.143. The predicted octanol–water partition coefficient (Wildman–Crippen LogP) is 1.34. The average Bonchev–Trinajstić information content (AvgIpc) is 2.69. The number of methoxy groups -OCH3 is 1. The number of hydrogen-bond acceptors (Lipinski definition) is 6. The lowest BCUT2D eigenvalue weighted by atomic mass is 10.1. The van der Waals surface area contributed by atoms with Crippen LogP contribution in [0, 0.1) is 0 Å². The summed E-state index contributed by atoms with van der Waals surface area (Å²) in [7, 11) is 1.38. The van der Waals surface area contributed by atoms with E-state index < -0.39 is 0 Å². The number of nitrogens with zero attached hydrogens (tertiary/aromatic N) is 1. The maximum absolute atomic E-state index is 9.46. The number of aromatic hydroxyl groups is 2. The standard InChI is InChI=1S/C10H10N2O4/c1-15-8-3-5(2-6(13)10(8)14)7-4-9(11)12-16-7/h2-4,13-14H,1H3,(H2,11,12). The zero-order valence-corrected chi connectivity index (χ0v) is 8.47. The van der Waals surface area contributed by atoms with Gasteiger partial charge in [0.05, 0.1) is 7.11 Å². The number of aromatic nitrogens is 1. The monoisotopic (exact) mass is 222 g/mol. The lowest BCUT2D eigenvalue weighted by molar-refractivity contribution is 0.351. The minimum atomic E-state index is -0.321. The zero-order valence-electron chi connectivity index (χ0n) is 8.47. The maximum atomic E-state index is 9.46. The molecule has 0 spiro atoms. The summed E-state index contributed by atoms with van der Waals surface area (Å²) in [6.07, 6.45) is 0. The minimum Gasteiger partial charge on any atom is -0.504 e. The van der Waals surface area contributed by atoms with Crippen LogP contribution in [0.25, 0.3) is 11.3 Å². The third kappa shape index (κ3) is 1.60. The van der Waals surface area contributed by atoms with Crippen molar-refractivity contribution >= 4 is 5.82 Å². The Kier molecular flexibility index (Phi) is 2.32. The molecule has 6 heteroatoms. The molecule has 1 aromatic heterocycles. The lowest BCUT2D eigenvalue weighted by Gasteiger charge is -2.06. The molecule has 0 saturated carbocycles. The van der Waals surface area contributed by atoms with Gasteiger partial charge < -0.3 is 25.2 Å². The molecule has 0 aliphatic carbocycles. The zero-order chi connectivity index (χ0) is 11.7. The first-order chi connectivity index (χ1) is 7.61. The molecule has 0 aliphatic rings. The summed E-state index contributed by atoms with van der Waals surface area (Å²) in [6.45, 7) is 0. The molecule has 4 N–H and O–H groups in total. The van der Waals surface area contributed by atoms with Gasteiger partial charge in [0, 0.05) is 11.6 Å². The van der Waals surface area contributed by atoms with E-state index in [0.717, 1.165) is 0 Å². The molecule has 0 radical (unpaired) electrons. The average molecular weight is 222 g/mol. The highest BCUT2D eigenvalue weighted by Gasteiger charge is 2.13. The van der Waals surface area contributed by atoms with Gasteiger partial charge in [0.15, 0.2) is 23.1 Å². The van der Waals surface area contributed by atoms with E-state index in [-0.39, 0.29) is 23.1 Å². The van der Waals surface area contributed by atoms with Crippen LogP contribution in [0.15, 0.2) is 22.7 Å². The normalized spacial score (nSPS) is 10.3. The molecule has 0 bridgehead atoms. The molecule has 0 aliphatic heterocycles. The Balaban J connectivity index is 2.54. The van der Waals surface area contributed by atoms with Crippen LogP contribution < -0.4 is 10.5 Å². The van der Waals surface area contributed by atoms with Crippen molar-refractivity contribution in [3.05, 3.63) is 18.2 Å². The van der Waals surface area contributed by atoms with Crippen molar-refractivity contribution in [1.29, 1.82) is 0 Å². The van der Waals surface area contributed by atoms with Crippen molar-refractivity contribution < 1.29 is 19.5 Å². The number of phenols is 2. The van der Waals surface area contributed by atoms with Crippen molar-refractivity contribution in [2.45, 2.75) is 0 Å². The van der Waals surface area contributed by atoms with E-state index in [0.29, 0.717) is 11.3 Å². The van der Waals surface area contributed by atoms with Gasteiger partial charge in [-0.05, 0) is 12.1 Å². The van der Waals surface area contributed by atoms with Gasteiger partial charge in [-0.25, -0.2) is 0 Å². The molecule has 16 heavy (non-hydrogen) atoms. The molecule has 0 unspecified atom stereocenters. The molecule has 0 fully saturated rings. The number of nitrogens with two attached hydrogens (primary N) is 1. The first kappa shape index (κ1) is 10.2. The van der Waals surface area contributed by atoms with Gasteiger partial charge in [0.25, 0.3) is 0 Å². The largest absolute Gasteiger partial charge is 0.504 e. The third-order valence-corrected chi connectivity index (χ3v) is 2.09. The Morgan fingerprint density at radius 3 is 2.62 bits per heavy atom. The Bertz CT molecular complexity index is 522. The van der Waals surface area contributed by atoms with Crippen molar-refractivity contribution in [3.63, 3.8) is 0 Å². The van der Waals surface area contributed by atoms with Gasteiger partial charge in [0.1, 0.15) is 0 Å². The van der Waals surface area contributed by atoms with Crippen LogP contribution in [0.1, 0.15) is 0 Å². The number of nitrogen functional groups attached to an aromatic ring is 1. The molecule has 2 rings (SSSR count). The highest BCUT2D eigenvalue weighted by atomic mass is 16.5. The van der Waals surface area contributed by atoms with E-state index in [1.54, 1.807) is 0 Å². The summed E-state index contributed by atoms with van der Waals surface area (Å²) in [6, 6.07) is 4.35.